The average molecular weight is 167 g/mol. The van der Waals surface area contributed by atoms with E-state index in [1.807, 2.05) is 0 Å². The van der Waals surface area contributed by atoms with Crippen LogP contribution in [0.5, 0.6) is 0 Å². The largest absolute Gasteiger partial charge is 0.395 e. The van der Waals surface area contributed by atoms with Crippen LogP contribution in [0.4, 0.5) is 0 Å². The number of hydrogen-bond donors (Lipinski definition) is 2. The van der Waals surface area contributed by atoms with Crippen molar-refractivity contribution in [2.75, 3.05) is 12.9 Å². The highest BCUT2D eigenvalue weighted by Crippen LogP contribution is 2.01. The van der Waals surface area contributed by atoms with E-state index in [0.717, 1.165) is 6.26 Å². The molecule has 0 aliphatic rings. The molecule has 0 fully saturated rings. The first-order valence-corrected chi connectivity index (χ1v) is 4.90. The number of aliphatic hydroxyl groups is 1. The molecule has 0 radical (unpaired) electrons. The Labute approximate surface area is 61.0 Å². The van der Waals surface area contributed by atoms with Gasteiger partial charge in [-0.25, -0.2) is 8.42 Å². The molecule has 0 aliphatic carbocycles. The van der Waals surface area contributed by atoms with Gasteiger partial charge < -0.3 is 10.8 Å². The van der Waals surface area contributed by atoms with Crippen molar-refractivity contribution in [2.45, 2.75) is 18.2 Å². The summed E-state index contributed by atoms with van der Waals surface area (Å²) < 4.78 is 21.5. The molecule has 5 heteroatoms. The van der Waals surface area contributed by atoms with Crippen LogP contribution in [-0.2, 0) is 9.84 Å². The van der Waals surface area contributed by atoms with Crippen LogP contribution in [0, 0.1) is 0 Å². The highest BCUT2D eigenvalue weighted by atomic mass is 32.2. The van der Waals surface area contributed by atoms with Crippen LogP contribution < -0.4 is 5.73 Å². The smallest absolute Gasteiger partial charge is 0.154 e. The van der Waals surface area contributed by atoms with E-state index in [4.69, 9.17) is 10.8 Å². The van der Waals surface area contributed by atoms with E-state index in [9.17, 15) is 8.42 Å². The first kappa shape index (κ1) is 9.87. The van der Waals surface area contributed by atoms with Crippen molar-refractivity contribution in [1.29, 1.82) is 0 Å². The standard InChI is InChI=1S/C5H13NO3S/c1-4(6)5(3-7)10(2,8)9/h4-5,7H,3,6H2,1-2H3/t4-,5-/m0/s1. The summed E-state index contributed by atoms with van der Waals surface area (Å²) in [7, 11) is -3.19. The third kappa shape index (κ3) is 2.64. The topological polar surface area (TPSA) is 80.4 Å². The number of aliphatic hydroxyl groups excluding tert-OH is 1. The zero-order valence-electron chi connectivity index (χ0n) is 6.11. The molecule has 2 atom stereocenters. The third-order valence-electron chi connectivity index (χ3n) is 1.32. The van der Waals surface area contributed by atoms with Crippen molar-refractivity contribution < 1.29 is 13.5 Å². The predicted octanol–water partition coefficient (Wildman–Crippen LogP) is -1.26. The van der Waals surface area contributed by atoms with Crippen molar-refractivity contribution in [3.05, 3.63) is 0 Å². The fraction of sp³-hybridized carbons (Fsp3) is 1.00. The maximum absolute atomic E-state index is 10.8. The van der Waals surface area contributed by atoms with Gasteiger partial charge in [0.1, 0.15) is 0 Å². The van der Waals surface area contributed by atoms with E-state index in [1.165, 1.54) is 0 Å². The molecule has 0 heterocycles. The van der Waals surface area contributed by atoms with Gasteiger partial charge in [-0.1, -0.05) is 0 Å². The minimum atomic E-state index is -3.19. The summed E-state index contributed by atoms with van der Waals surface area (Å²) in [5, 5.41) is 7.75. The van der Waals surface area contributed by atoms with Gasteiger partial charge in [-0.3, -0.25) is 0 Å². The molecule has 0 aromatic rings. The molecule has 0 spiro atoms. The third-order valence-corrected chi connectivity index (χ3v) is 2.99. The Balaban J connectivity index is 4.38. The Bertz CT molecular complexity index is 185. The Morgan fingerprint density at radius 1 is 1.60 bits per heavy atom. The first-order chi connectivity index (χ1) is 4.39. The van der Waals surface area contributed by atoms with Crippen LogP contribution in [0.2, 0.25) is 0 Å². The van der Waals surface area contributed by atoms with Crippen LogP contribution in [0.15, 0.2) is 0 Å². The lowest BCUT2D eigenvalue weighted by Crippen LogP contribution is -2.40. The number of sulfone groups is 1. The second kappa shape index (κ2) is 3.32. The summed E-state index contributed by atoms with van der Waals surface area (Å²) in [6.07, 6.45) is 1.07. The van der Waals surface area contributed by atoms with E-state index >= 15 is 0 Å². The van der Waals surface area contributed by atoms with Crippen LogP contribution in [0.25, 0.3) is 0 Å². The first-order valence-electron chi connectivity index (χ1n) is 2.95. The van der Waals surface area contributed by atoms with E-state index in [1.54, 1.807) is 6.92 Å². The van der Waals surface area contributed by atoms with Crippen molar-refractivity contribution in [3.8, 4) is 0 Å². The Hall–Kier alpha value is -0.130. The van der Waals surface area contributed by atoms with E-state index in [0.29, 0.717) is 0 Å². The van der Waals surface area contributed by atoms with Crippen LogP contribution >= 0.6 is 0 Å². The summed E-state index contributed by atoms with van der Waals surface area (Å²) in [5.41, 5.74) is 5.29. The molecule has 0 saturated heterocycles. The molecule has 3 N–H and O–H groups in total. The SMILES string of the molecule is C[C@H](N)[C@H](CO)S(C)(=O)=O. The Kier molecular flexibility index (Phi) is 3.27. The Morgan fingerprint density at radius 2 is 2.00 bits per heavy atom. The molecule has 0 aliphatic heterocycles. The molecule has 0 amide bonds. The molecular weight excluding hydrogens is 154 g/mol. The van der Waals surface area contributed by atoms with Crippen molar-refractivity contribution in [3.63, 3.8) is 0 Å². The monoisotopic (exact) mass is 167 g/mol. The van der Waals surface area contributed by atoms with Crippen LogP contribution in [-0.4, -0.2) is 37.7 Å². The van der Waals surface area contributed by atoms with Gasteiger partial charge in [0, 0.05) is 12.3 Å². The average Bonchev–Trinajstić information content (AvgIpc) is 1.60. The van der Waals surface area contributed by atoms with Gasteiger partial charge >= 0.3 is 0 Å². The summed E-state index contributed by atoms with van der Waals surface area (Å²) in [6, 6.07) is -0.514. The van der Waals surface area contributed by atoms with Crippen molar-refractivity contribution >= 4 is 9.84 Å². The van der Waals surface area contributed by atoms with Gasteiger partial charge in [-0.15, -0.1) is 0 Å². The molecule has 0 saturated carbocycles. The Morgan fingerprint density at radius 3 is 2.00 bits per heavy atom. The van der Waals surface area contributed by atoms with Gasteiger partial charge in [0.25, 0.3) is 0 Å². The van der Waals surface area contributed by atoms with E-state index in [-0.39, 0.29) is 0 Å². The summed E-state index contributed by atoms with van der Waals surface area (Å²) >= 11 is 0. The normalized spacial score (nSPS) is 18.4. The second-order valence-corrected chi connectivity index (χ2v) is 4.67. The molecule has 0 aromatic heterocycles. The zero-order chi connectivity index (χ0) is 8.36. The van der Waals surface area contributed by atoms with Crippen molar-refractivity contribution in [1.82, 2.24) is 0 Å². The number of nitrogens with two attached hydrogens (primary N) is 1. The van der Waals surface area contributed by atoms with Gasteiger partial charge in [0.05, 0.1) is 11.9 Å². The molecule has 4 nitrogen and oxygen atoms in total. The molecule has 62 valence electrons. The highest BCUT2D eigenvalue weighted by Gasteiger charge is 2.23. The molecule has 0 bridgehead atoms. The molecule has 0 rings (SSSR count). The predicted molar refractivity (Wildman–Crippen MR) is 39.4 cm³/mol. The zero-order valence-corrected chi connectivity index (χ0v) is 6.93. The van der Waals surface area contributed by atoms with E-state index in [2.05, 4.69) is 0 Å². The summed E-state index contributed by atoms with van der Waals surface area (Å²) in [6.45, 7) is 1.15. The fourth-order valence-corrected chi connectivity index (χ4v) is 1.74. The quantitative estimate of drug-likeness (QED) is 0.549. The van der Waals surface area contributed by atoms with Crippen LogP contribution in [0.1, 0.15) is 6.92 Å². The van der Waals surface area contributed by atoms with Crippen molar-refractivity contribution in [2.24, 2.45) is 5.73 Å². The molecular formula is C5H13NO3S. The van der Waals surface area contributed by atoms with Gasteiger partial charge in [-0.2, -0.15) is 0 Å². The van der Waals surface area contributed by atoms with Crippen LogP contribution in [0.3, 0.4) is 0 Å². The second-order valence-electron chi connectivity index (χ2n) is 2.41. The minimum Gasteiger partial charge on any atom is -0.395 e. The fourth-order valence-electron chi connectivity index (χ4n) is 0.692. The van der Waals surface area contributed by atoms with Gasteiger partial charge in [0.15, 0.2) is 9.84 Å². The lowest BCUT2D eigenvalue weighted by Gasteiger charge is -2.14. The molecule has 0 unspecified atom stereocenters. The molecule has 0 aromatic carbocycles. The van der Waals surface area contributed by atoms with E-state index < -0.39 is 27.7 Å². The number of hydrogen-bond acceptors (Lipinski definition) is 4. The summed E-state index contributed by atoms with van der Waals surface area (Å²) in [4.78, 5) is 0. The maximum Gasteiger partial charge on any atom is 0.154 e. The van der Waals surface area contributed by atoms with Gasteiger partial charge in [0.2, 0.25) is 0 Å². The molecule has 10 heavy (non-hydrogen) atoms. The number of rotatable bonds is 3. The van der Waals surface area contributed by atoms with Gasteiger partial charge in [-0.05, 0) is 6.92 Å². The maximum atomic E-state index is 10.8. The lowest BCUT2D eigenvalue weighted by atomic mass is 10.3. The summed E-state index contributed by atoms with van der Waals surface area (Å²) in [5.74, 6) is 0. The minimum absolute atomic E-state index is 0.406. The highest BCUT2D eigenvalue weighted by molar-refractivity contribution is 7.91. The lowest BCUT2D eigenvalue weighted by molar-refractivity contribution is 0.280.